The van der Waals surface area contributed by atoms with E-state index in [2.05, 4.69) is 52.0 Å². The van der Waals surface area contributed by atoms with E-state index in [0.717, 1.165) is 0 Å². The third-order valence-electron chi connectivity index (χ3n) is 3.51. The van der Waals surface area contributed by atoms with Crippen LogP contribution < -0.4 is 0 Å². The molecule has 0 N–H and O–H groups in total. The molecule has 0 aliphatic rings. The van der Waals surface area contributed by atoms with Crippen molar-refractivity contribution in [2.75, 3.05) is 0 Å². The minimum atomic E-state index is 1.28. The monoisotopic (exact) mass is 209 g/mol. The van der Waals surface area contributed by atoms with Crippen molar-refractivity contribution in [2.24, 2.45) is 0 Å². The van der Waals surface area contributed by atoms with Gasteiger partial charge in [0.05, 0.1) is 0 Å². The van der Waals surface area contributed by atoms with Gasteiger partial charge in [-0.25, -0.2) is 0 Å². The molecule has 0 bridgehead atoms. The van der Waals surface area contributed by atoms with E-state index in [1.807, 2.05) is 12.1 Å². The van der Waals surface area contributed by atoms with Crippen molar-refractivity contribution >= 4 is 0 Å². The predicted molar refractivity (Wildman–Crippen MR) is 69.7 cm³/mol. The Morgan fingerprint density at radius 2 is 1.44 bits per heavy atom. The van der Waals surface area contributed by atoms with Crippen LogP contribution in [0.25, 0.3) is 11.1 Å². The number of hydrogen-bond acceptors (Lipinski definition) is 0. The fourth-order valence-electron chi connectivity index (χ4n) is 2.08. The Bertz CT molecular complexity index is 507. The summed E-state index contributed by atoms with van der Waals surface area (Å²) in [7, 11) is 0. The van der Waals surface area contributed by atoms with E-state index < -0.39 is 0 Å². The molecule has 2 rings (SSSR count). The molecule has 0 aliphatic heterocycles. The molecular weight excluding hydrogens is 192 g/mol. The number of rotatable bonds is 1. The summed E-state index contributed by atoms with van der Waals surface area (Å²) in [5.41, 5.74) is 8.18. The maximum atomic E-state index is 3.06. The zero-order chi connectivity index (χ0) is 11.7. The first-order chi connectivity index (χ1) is 7.61. The van der Waals surface area contributed by atoms with Gasteiger partial charge in [-0.1, -0.05) is 30.3 Å². The Morgan fingerprint density at radius 1 is 0.812 bits per heavy atom. The summed E-state index contributed by atoms with van der Waals surface area (Å²) in [6.45, 7) is 8.78. The third-order valence-corrected chi connectivity index (χ3v) is 3.51. The topological polar surface area (TPSA) is 0 Å². The highest BCUT2D eigenvalue weighted by Gasteiger charge is 2.08. The molecule has 0 amide bonds. The van der Waals surface area contributed by atoms with Crippen LogP contribution in [0.2, 0.25) is 0 Å². The summed E-state index contributed by atoms with van der Waals surface area (Å²) >= 11 is 0. The molecule has 0 aromatic heterocycles. The average molecular weight is 209 g/mol. The molecule has 0 nitrogen and oxygen atoms in total. The van der Waals surface area contributed by atoms with Gasteiger partial charge in [0.15, 0.2) is 0 Å². The van der Waals surface area contributed by atoms with Crippen molar-refractivity contribution in [1.82, 2.24) is 0 Å². The summed E-state index contributed by atoms with van der Waals surface area (Å²) in [6, 6.07) is 13.5. The van der Waals surface area contributed by atoms with Crippen LogP contribution in [-0.4, -0.2) is 0 Å². The maximum absolute atomic E-state index is 3.06. The normalized spacial score (nSPS) is 10.5. The zero-order valence-corrected chi connectivity index (χ0v) is 10.4. The molecule has 0 unspecified atom stereocenters. The van der Waals surface area contributed by atoms with E-state index >= 15 is 0 Å². The molecule has 2 aromatic rings. The van der Waals surface area contributed by atoms with Gasteiger partial charge in [0.1, 0.15) is 0 Å². The van der Waals surface area contributed by atoms with Crippen molar-refractivity contribution in [3.8, 4) is 11.1 Å². The molecule has 16 heavy (non-hydrogen) atoms. The number of benzene rings is 2. The number of aryl methyl sites for hydroxylation is 1. The highest BCUT2D eigenvalue weighted by atomic mass is 14.1. The highest BCUT2D eigenvalue weighted by Crippen LogP contribution is 2.29. The molecule has 0 saturated heterocycles. The fraction of sp³-hybridized carbons (Fsp3) is 0.250. The summed E-state index contributed by atoms with van der Waals surface area (Å²) in [5.74, 6) is 0. The van der Waals surface area contributed by atoms with E-state index in [1.54, 1.807) is 0 Å². The van der Waals surface area contributed by atoms with Crippen LogP contribution in [0.3, 0.4) is 0 Å². The standard InChI is InChI=1S/C16H17/c1-11-10-16(14(4)13(3)12(11)2)15-8-6-5-7-9-15/h6-10H,1-4H3. The fourth-order valence-corrected chi connectivity index (χ4v) is 2.08. The van der Waals surface area contributed by atoms with Gasteiger partial charge in [-0.2, -0.15) is 0 Å². The Labute approximate surface area is 97.9 Å². The van der Waals surface area contributed by atoms with Crippen LogP contribution in [0.1, 0.15) is 22.3 Å². The first-order valence-corrected chi connectivity index (χ1v) is 5.65. The van der Waals surface area contributed by atoms with E-state index in [9.17, 15) is 0 Å². The Morgan fingerprint density at radius 3 is 2.06 bits per heavy atom. The quantitative estimate of drug-likeness (QED) is 0.653. The zero-order valence-electron chi connectivity index (χ0n) is 10.4. The van der Waals surface area contributed by atoms with E-state index in [0.29, 0.717) is 0 Å². The van der Waals surface area contributed by atoms with Gasteiger partial charge in [-0.05, 0) is 67.1 Å². The molecule has 0 heteroatoms. The highest BCUT2D eigenvalue weighted by molar-refractivity contribution is 5.70. The molecule has 0 fully saturated rings. The van der Waals surface area contributed by atoms with Crippen molar-refractivity contribution < 1.29 is 0 Å². The van der Waals surface area contributed by atoms with E-state index in [-0.39, 0.29) is 0 Å². The summed E-state index contributed by atoms with van der Waals surface area (Å²) in [6.07, 6.45) is 0. The molecule has 0 aliphatic carbocycles. The summed E-state index contributed by atoms with van der Waals surface area (Å²) in [4.78, 5) is 0. The van der Waals surface area contributed by atoms with Crippen LogP contribution in [0, 0.1) is 33.8 Å². The Hall–Kier alpha value is -1.56. The molecule has 0 heterocycles. The number of hydrogen-bond donors (Lipinski definition) is 0. The van der Waals surface area contributed by atoms with Crippen LogP contribution >= 0.6 is 0 Å². The lowest BCUT2D eigenvalue weighted by Crippen LogP contribution is -1.94. The molecule has 81 valence electrons. The summed E-state index contributed by atoms with van der Waals surface area (Å²) in [5, 5.41) is 0. The second kappa shape index (κ2) is 4.13. The van der Waals surface area contributed by atoms with Gasteiger partial charge in [-0.15, -0.1) is 0 Å². The van der Waals surface area contributed by atoms with Gasteiger partial charge in [0, 0.05) is 0 Å². The van der Waals surface area contributed by atoms with Crippen molar-refractivity contribution in [3.63, 3.8) is 0 Å². The predicted octanol–water partition coefficient (Wildman–Crippen LogP) is 4.39. The SMILES string of the molecule is Cc1cc(-c2cc[c]cc2)c(C)c(C)c1C. The lowest BCUT2D eigenvalue weighted by Gasteiger charge is -2.14. The smallest absolute Gasteiger partial charge is 0.0149 e. The third kappa shape index (κ3) is 1.76. The molecule has 0 saturated carbocycles. The molecule has 1 radical (unpaired) electrons. The lowest BCUT2D eigenvalue weighted by atomic mass is 9.91. The van der Waals surface area contributed by atoms with Gasteiger partial charge in [0.25, 0.3) is 0 Å². The van der Waals surface area contributed by atoms with Gasteiger partial charge >= 0.3 is 0 Å². The lowest BCUT2D eigenvalue weighted by molar-refractivity contribution is 1.22. The molecular formula is C16H17. The van der Waals surface area contributed by atoms with Crippen molar-refractivity contribution in [2.45, 2.75) is 27.7 Å². The van der Waals surface area contributed by atoms with E-state index in [4.69, 9.17) is 0 Å². The largest absolute Gasteiger partial charge is 0.0538 e. The van der Waals surface area contributed by atoms with Crippen molar-refractivity contribution in [3.05, 3.63) is 58.7 Å². The van der Waals surface area contributed by atoms with Crippen LogP contribution in [0.5, 0.6) is 0 Å². The molecule has 0 spiro atoms. The first-order valence-electron chi connectivity index (χ1n) is 5.65. The minimum Gasteiger partial charge on any atom is -0.0538 e. The van der Waals surface area contributed by atoms with E-state index in [1.165, 1.54) is 33.4 Å². The van der Waals surface area contributed by atoms with Gasteiger partial charge < -0.3 is 0 Å². The second-order valence-corrected chi connectivity index (χ2v) is 4.40. The summed E-state index contributed by atoms with van der Waals surface area (Å²) < 4.78 is 0. The van der Waals surface area contributed by atoms with Crippen LogP contribution in [0.15, 0.2) is 30.3 Å². The van der Waals surface area contributed by atoms with Crippen LogP contribution in [0.4, 0.5) is 0 Å². The van der Waals surface area contributed by atoms with Gasteiger partial charge in [-0.3, -0.25) is 0 Å². The van der Waals surface area contributed by atoms with Crippen LogP contribution in [-0.2, 0) is 0 Å². The Kier molecular flexibility index (Phi) is 2.82. The molecule has 0 atom stereocenters. The minimum absolute atomic E-state index is 1.28. The maximum Gasteiger partial charge on any atom is -0.0149 e. The van der Waals surface area contributed by atoms with Gasteiger partial charge in [0.2, 0.25) is 0 Å². The van der Waals surface area contributed by atoms with Crippen molar-refractivity contribution in [1.29, 1.82) is 0 Å². The Balaban J connectivity index is 2.68. The average Bonchev–Trinajstić information content (AvgIpc) is 2.32. The second-order valence-electron chi connectivity index (χ2n) is 4.40. The first kappa shape index (κ1) is 10.9. The molecule has 2 aromatic carbocycles.